The van der Waals surface area contributed by atoms with Gasteiger partial charge in [-0.3, -0.25) is 4.79 Å². The Morgan fingerprint density at radius 3 is 3.12 bits per heavy atom. The lowest BCUT2D eigenvalue weighted by Crippen LogP contribution is -2.19. The number of hydrogen-bond acceptors (Lipinski definition) is 3. The second kappa shape index (κ2) is 4.87. The molecular weight excluding hydrogens is 226 g/mol. The Balaban J connectivity index is 1.99. The predicted molar refractivity (Wildman–Crippen MR) is 64.9 cm³/mol. The average Bonchev–Trinajstić information content (AvgIpc) is 2.67. The Morgan fingerprint density at radius 2 is 2.44 bits per heavy atom. The van der Waals surface area contributed by atoms with E-state index in [4.69, 9.17) is 11.6 Å². The van der Waals surface area contributed by atoms with Crippen LogP contribution < -0.4 is 10.9 Å². The maximum absolute atomic E-state index is 11.2. The van der Waals surface area contributed by atoms with Crippen LogP contribution in [0.15, 0.2) is 11.0 Å². The molecule has 2 N–H and O–H groups in total. The van der Waals surface area contributed by atoms with Gasteiger partial charge in [0.15, 0.2) is 0 Å². The highest BCUT2D eigenvalue weighted by Gasteiger charge is 2.23. The van der Waals surface area contributed by atoms with Gasteiger partial charge in [-0.2, -0.15) is 5.10 Å². The van der Waals surface area contributed by atoms with Crippen LogP contribution in [0.4, 0.5) is 5.69 Å². The highest BCUT2D eigenvalue weighted by molar-refractivity contribution is 6.32. The highest BCUT2D eigenvalue weighted by Crippen LogP contribution is 2.31. The van der Waals surface area contributed by atoms with Gasteiger partial charge in [-0.1, -0.05) is 31.4 Å². The minimum atomic E-state index is -0.342. The third kappa shape index (κ3) is 2.38. The van der Waals surface area contributed by atoms with E-state index in [1.807, 2.05) is 0 Å². The fourth-order valence-electron chi connectivity index (χ4n) is 2.27. The number of nitrogens with zero attached hydrogens (tertiary/aromatic N) is 1. The molecule has 0 bridgehead atoms. The predicted octanol–water partition coefficient (Wildman–Crippen LogP) is 2.27. The summed E-state index contributed by atoms with van der Waals surface area (Å²) in [5, 5.41) is 9.43. The van der Waals surface area contributed by atoms with E-state index >= 15 is 0 Å². The van der Waals surface area contributed by atoms with E-state index in [0.29, 0.717) is 11.6 Å². The third-order valence-electron chi connectivity index (χ3n) is 3.39. The van der Waals surface area contributed by atoms with Crippen molar-refractivity contribution in [2.24, 2.45) is 11.8 Å². The lowest BCUT2D eigenvalue weighted by atomic mass is 9.98. The quantitative estimate of drug-likeness (QED) is 0.854. The van der Waals surface area contributed by atoms with Crippen molar-refractivity contribution < 1.29 is 0 Å². The molecule has 1 saturated carbocycles. The van der Waals surface area contributed by atoms with Crippen molar-refractivity contribution in [2.45, 2.75) is 26.2 Å². The molecule has 88 valence electrons. The van der Waals surface area contributed by atoms with E-state index in [-0.39, 0.29) is 10.6 Å². The molecule has 2 atom stereocenters. The molecule has 1 fully saturated rings. The number of nitrogens with one attached hydrogen (secondary N) is 2. The van der Waals surface area contributed by atoms with Gasteiger partial charge in [-0.25, -0.2) is 5.10 Å². The number of aromatic nitrogens is 2. The minimum Gasteiger partial charge on any atom is -0.382 e. The van der Waals surface area contributed by atoms with Gasteiger partial charge in [0.25, 0.3) is 5.56 Å². The number of anilines is 1. The first kappa shape index (κ1) is 11.5. The van der Waals surface area contributed by atoms with Gasteiger partial charge in [-0.05, 0) is 18.3 Å². The Kier molecular flexibility index (Phi) is 3.49. The van der Waals surface area contributed by atoms with Crippen molar-refractivity contribution in [3.05, 3.63) is 21.6 Å². The first-order chi connectivity index (χ1) is 7.68. The molecule has 2 unspecified atom stereocenters. The Labute approximate surface area is 99.4 Å². The van der Waals surface area contributed by atoms with Crippen LogP contribution in [0.2, 0.25) is 5.02 Å². The summed E-state index contributed by atoms with van der Waals surface area (Å²) in [6.45, 7) is 3.14. The van der Waals surface area contributed by atoms with Crippen molar-refractivity contribution in [1.82, 2.24) is 10.2 Å². The van der Waals surface area contributed by atoms with Crippen LogP contribution in [-0.2, 0) is 0 Å². The number of H-pyrrole nitrogens is 1. The van der Waals surface area contributed by atoms with Crippen molar-refractivity contribution in [3.8, 4) is 0 Å². The van der Waals surface area contributed by atoms with Gasteiger partial charge < -0.3 is 5.32 Å². The third-order valence-corrected chi connectivity index (χ3v) is 3.76. The van der Waals surface area contributed by atoms with Gasteiger partial charge in [0.1, 0.15) is 5.02 Å². The molecule has 4 nitrogen and oxygen atoms in total. The largest absolute Gasteiger partial charge is 0.382 e. The van der Waals surface area contributed by atoms with Crippen LogP contribution in [-0.4, -0.2) is 16.7 Å². The van der Waals surface area contributed by atoms with Crippen LogP contribution in [0.25, 0.3) is 0 Å². The number of halogens is 1. The topological polar surface area (TPSA) is 57.8 Å². The number of hydrogen-bond donors (Lipinski definition) is 2. The molecule has 0 spiro atoms. The zero-order valence-electron chi connectivity index (χ0n) is 9.29. The normalized spacial score (nSPS) is 24.6. The summed E-state index contributed by atoms with van der Waals surface area (Å²) in [5.74, 6) is 1.43. The van der Waals surface area contributed by atoms with E-state index in [1.54, 1.807) is 6.20 Å². The monoisotopic (exact) mass is 241 g/mol. The lowest BCUT2D eigenvalue weighted by Gasteiger charge is -2.16. The van der Waals surface area contributed by atoms with Crippen molar-refractivity contribution in [3.63, 3.8) is 0 Å². The van der Waals surface area contributed by atoms with E-state index in [0.717, 1.165) is 12.5 Å². The van der Waals surface area contributed by atoms with Crippen molar-refractivity contribution in [2.75, 3.05) is 11.9 Å². The molecule has 5 heteroatoms. The highest BCUT2D eigenvalue weighted by atomic mass is 35.5. The molecule has 16 heavy (non-hydrogen) atoms. The van der Waals surface area contributed by atoms with Crippen molar-refractivity contribution >= 4 is 17.3 Å². The molecule has 0 amide bonds. The SMILES string of the molecule is CC1CCCC1CNc1cn[nH]c(=O)c1Cl. The lowest BCUT2D eigenvalue weighted by molar-refractivity contribution is 0.439. The van der Waals surface area contributed by atoms with Gasteiger partial charge in [-0.15, -0.1) is 0 Å². The zero-order chi connectivity index (χ0) is 11.5. The standard InChI is InChI=1S/C11H16ClN3O/c1-7-3-2-4-8(7)5-13-9-6-14-15-11(16)10(9)12/h6-8H,2-5H2,1H3,(H2,13,15,16). The molecule has 1 heterocycles. The second-order valence-electron chi connectivity index (χ2n) is 4.48. The Morgan fingerprint density at radius 1 is 1.62 bits per heavy atom. The van der Waals surface area contributed by atoms with Crippen LogP contribution >= 0.6 is 11.6 Å². The van der Waals surface area contributed by atoms with Gasteiger partial charge in [0, 0.05) is 6.54 Å². The molecule has 0 aromatic carbocycles. The fourth-order valence-corrected chi connectivity index (χ4v) is 2.43. The van der Waals surface area contributed by atoms with Crippen LogP contribution in [0.1, 0.15) is 26.2 Å². The van der Waals surface area contributed by atoms with Gasteiger partial charge >= 0.3 is 0 Å². The number of rotatable bonds is 3. The smallest absolute Gasteiger partial charge is 0.285 e. The molecule has 0 radical (unpaired) electrons. The van der Waals surface area contributed by atoms with Gasteiger partial charge in [0.05, 0.1) is 11.9 Å². The number of aromatic amines is 1. The summed E-state index contributed by atoms with van der Waals surface area (Å²) < 4.78 is 0. The maximum atomic E-state index is 11.2. The average molecular weight is 242 g/mol. The summed E-state index contributed by atoms with van der Waals surface area (Å²) in [6.07, 6.45) is 5.41. The molecule has 0 aliphatic heterocycles. The first-order valence-electron chi connectivity index (χ1n) is 5.65. The zero-order valence-corrected chi connectivity index (χ0v) is 10.0. The molecule has 2 rings (SSSR count). The van der Waals surface area contributed by atoms with E-state index in [2.05, 4.69) is 22.4 Å². The van der Waals surface area contributed by atoms with Gasteiger partial charge in [0.2, 0.25) is 0 Å². The maximum Gasteiger partial charge on any atom is 0.285 e. The summed E-state index contributed by atoms with van der Waals surface area (Å²) in [4.78, 5) is 11.2. The fraction of sp³-hybridized carbons (Fsp3) is 0.636. The second-order valence-corrected chi connectivity index (χ2v) is 4.85. The van der Waals surface area contributed by atoms with E-state index in [1.165, 1.54) is 19.3 Å². The summed E-state index contributed by atoms with van der Waals surface area (Å²) >= 11 is 5.87. The molecule has 1 aromatic heterocycles. The van der Waals surface area contributed by atoms with Crippen molar-refractivity contribution in [1.29, 1.82) is 0 Å². The summed E-state index contributed by atoms with van der Waals surface area (Å²) in [6, 6.07) is 0. The van der Waals surface area contributed by atoms with Crippen LogP contribution in [0.5, 0.6) is 0 Å². The molecule has 1 aromatic rings. The van der Waals surface area contributed by atoms with E-state index in [9.17, 15) is 4.79 Å². The molecule has 1 aliphatic rings. The summed E-state index contributed by atoms with van der Waals surface area (Å²) in [7, 11) is 0. The summed E-state index contributed by atoms with van der Waals surface area (Å²) in [5.41, 5.74) is 0.288. The Bertz CT molecular complexity index is 418. The first-order valence-corrected chi connectivity index (χ1v) is 6.03. The molecule has 1 aliphatic carbocycles. The molecule has 0 saturated heterocycles. The van der Waals surface area contributed by atoms with E-state index < -0.39 is 0 Å². The Hall–Kier alpha value is -1.03. The van der Waals surface area contributed by atoms with Crippen LogP contribution in [0, 0.1) is 11.8 Å². The molecular formula is C11H16ClN3O. The van der Waals surface area contributed by atoms with Crippen LogP contribution in [0.3, 0.4) is 0 Å². The minimum absolute atomic E-state index is 0.195.